The second kappa shape index (κ2) is 9.23. The van der Waals surface area contributed by atoms with E-state index < -0.39 is 17.8 Å². The highest BCUT2D eigenvalue weighted by atomic mass is 127. The van der Waals surface area contributed by atoms with Gasteiger partial charge in [-0.05, 0) is 94.2 Å². The van der Waals surface area contributed by atoms with Crippen LogP contribution in [0.15, 0.2) is 72.3 Å². The molecule has 0 unspecified atom stereocenters. The molecule has 0 saturated carbocycles. The Morgan fingerprint density at radius 3 is 2.53 bits per heavy atom. The lowest BCUT2D eigenvalue weighted by atomic mass is 10.0. The van der Waals surface area contributed by atoms with E-state index >= 15 is 0 Å². The number of carbonyl (C=O) groups excluding carboxylic acids is 3. The fourth-order valence-electron chi connectivity index (χ4n) is 4.23. The van der Waals surface area contributed by atoms with Crippen LogP contribution in [0.2, 0.25) is 5.02 Å². The monoisotopic (exact) mass is 583 g/mol. The number of rotatable bonds is 4. The van der Waals surface area contributed by atoms with Gasteiger partial charge in [0.15, 0.2) is 0 Å². The molecule has 3 aromatic carbocycles. The van der Waals surface area contributed by atoms with Crippen molar-refractivity contribution in [2.75, 3.05) is 16.3 Å². The summed E-state index contributed by atoms with van der Waals surface area (Å²) in [5.74, 6) is -1.34. The summed E-state index contributed by atoms with van der Waals surface area (Å²) in [6, 6.07) is 19.9. The number of nitrogens with zero attached hydrogens (tertiary/aromatic N) is 2. The van der Waals surface area contributed by atoms with Crippen LogP contribution in [0.1, 0.15) is 16.7 Å². The molecular formula is C26H19ClIN3O3. The predicted octanol–water partition coefficient (Wildman–Crippen LogP) is 5.17. The van der Waals surface area contributed by atoms with Crippen LogP contribution in [-0.4, -0.2) is 24.4 Å². The molecule has 6 nitrogen and oxygen atoms in total. The van der Waals surface area contributed by atoms with E-state index in [0.717, 1.165) is 48.8 Å². The number of benzene rings is 3. The Morgan fingerprint density at radius 2 is 1.76 bits per heavy atom. The first-order valence-corrected chi connectivity index (χ1v) is 12.1. The third kappa shape index (κ3) is 4.33. The first kappa shape index (κ1) is 22.6. The number of anilines is 2. The van der Waals surface area contributed by atoms with Crippen LogP contribution in [-0.2, 0) is 22.6 Å². The second-order valence-corrected chi connectivity index (χ2v) is 9.74. The quantitative estimate of drug-likeness (QED) is 0.261. The summed E-state index contributed by atoms with van der Waals surface area (Å²) in [7, 11) is 0. The van der Waals surface area contributed by atoms with E-state index in [1.54, 1.807) is 30.3 Å². The van der Waals surface area contributed by atoms with Crippen LogP contribution < -0.4 is 15.1 Å². The van der Waals surface area contributed by atoms with Gasteiger partial charge in [0.2, 0.25) is 0 Å². The van der Waals surface area contributed by atoms with Crippen molar-refractivity contribution in [3.63, 3.8) is 0 Å². The number of urea groups is 1. The third-order valence-electron chi connectivity index (χ3n) is 5.91. The zero-order valence-electron chi connectivity index (χ0n) is 17.9. The number of carbonyl (C=O) groups is 3. The molecule has 0 atom stereocenters. The minimum atomic E-state index is -0.752. The van der Waals surface area contributed by atoms with Crippen molar-refractivity contribution in [2.24, 2.45) is 0 Å². The minimum Gasteiger partial charge on any atom is -0.367 e. The molecule has 170 valence electrons. The summed E-state index contributed by atoms with van der Waals surface area (Å²) >= 11 is 8.48. The molecule has 2 heterocycles. The lowest BCUT2D eigenvalue weighted by Crippen LogP contribution is -2.54. The van der Waals surface area contributed by atoms with Gasteiger partial charge in [0.1, 0.15) is 5.57 Å². The molecule has 8 heteroatoms. The lowest BCUT2D eigenvalue weighted by Gasteiger charge is -2.26. The molecule has 3 aromatic rings. The number of imide groups is 2. The smallest absolute Gasteiger partial charge is 0.335 e. The number of amides is 4. The zero-order chi connectivity index (χ0) is 23.8. The molecule has 0 spiro atoms. The van der Waals surface area contributed by atoms with E-state index in [-0.39, 0.29) is 5.57 Å². The van der Waals surface area contributed by atoms with Crippen LogP contribution in [0.25, 0.3) is 6.08 Å². The van der Waals surface area contributed by atoms with Crippen molar-refractivity contribution in [3.05, 3.63) is 97.6 Å². The molecule has 2 aliphatic rings. The Balaban J connectivity index is 1.41. The van der Waals surface area contributed by atoms with Gasteiger partial charge in [-0.15, -0.1) is 0 Å². The van der Waals surface area contributed by atoms with Crippen molar-refractivity contribution in [1.29, 1.82) is 0 Å². The second-order valence-electron chi connectivity index (χ2n) is 8.09. The Morgan fingerprint density at radius 1 is 1.00 bits per heavy atom. The van der Waals surface area contributed by atoms with Crippen LogP contribution in [0, 0.1) is 3.57 Å². The highest BCUT2D eigenvalue weighted by Gasteiger charge is 2.36. The van der Waals surface area contributed by atoms with Gasteiger partial charge in [-0.2, -0.15) is 0 Å². The maximum absolute atomic E-state index is 13.1. The first-order chi connectivity index (χ1) is 16.4. The molecule has 5 rings (SSSR count). The number of hydrogen-bond donors (Lipinski definition) is 1. The normalized spacial score (nSPS) is 16.8. The standard InChI is InChI=1S/C26H19ClIN3O3/c27-22-4-2-1-3-18(22)15-30-12-11-17-13-16(5-10-23(17)30)14-21-24(32)29-26(34)31(25(21)33)20-8-6-19(28)7-9-20/h1-10,13-14H,11-12,15H2,(H,29,32,34). The van der Waals surface area contributed by atoms with Gasteiger partial charge < -0.3 is 4.90 Å². The molecule has 1 saturated heterocycles. The van der Waals surface area contributed by atoms with E-state index in [1.807, 2.05) is 42.5 Å². The van der Waals surface area contributed by atoms with E-state index in [0.29, 0.717) is 12.2 Å². The molecule has 2 aliphatic heterocycles. The topological polar surface area (TPSA) is 69.7 Å². The van der Waals surface area contributed by atoms with Crippen LogP contribution in [0.5, 0.6) is 0 Å². The molecule has 34 heavy (non-hydrogen) atoms. The van der Waals surface area contributed by atoms with Crippen LogP contribution in [0.4, 0.5) is 16.2 Å². The molecule has 1 fully saturated rings. The number of nitrogens with one attached hydrogen (secondary N) is 1. The highest BCUT2D eigenvalue weighted by Crippen LogP contribution is 2.32. The number of barbiturate groups is 1. The predicted molar refractivity (Wildman–Crippen MR) is 141 cm³/mol. The third-order valence-corrected chi connectivity index (χ3v) is 7.00. The first-order valence-electron chi connectivity index (χ1n) is 10.7. The van der Waals surface area contributed by atoms with Crippen molar-refractivity contribution in [3.8, 4) is 0 Å². The van der Waals surface area contributed by atoms with Crippen molar-refractivity contribution >= 4 is 69.5 Å². The summed E-state index contributed by atoms with van der Waals surface area (Å²) in [5.41, 5.74) is 4.36. The maximum Gasteiger partial charge on any atom is 0.335 e. The largest absolute Gasteiger partial charge is 0.367 e. The SMILES string of the molecule is O=C1NC(=O)N(c2ccc(I)cc2)C(=O)C1=Cc1ccc2c(c1)CCN2Cc1ccccc1Cl. The number of hydrogen-bond acceptors (Lipinski definition) is 4. The van der Waals surface area contributed by atoms with Gasteiger partial charge >= 0.3 is 6.03 Å². The Bertz CT molecular complexity index is 1350. The molecule has 0 bridgehead atoms. The number of halogens is 2. The Hall–Kier alpha value is -3.17. The summed E-state index contributed by atoms with van der Waals surface area (Å²) < 4.78 is 0.972. The fourth-order valence-corrected chi connectivity index (χ4v) is 4.78. The maximum atomic E-state index is 13.1. The van der Waals surface area contributed by atoms with Crippen LogP contribution >= 0.6 is 34.2 Å². The van der Waals surface area contributed by atoms with Gasteiger partial charge in [0.05, 0.1) is 5.69 Å². The molecule has 0 aliphatic carbocycles. The summed E-state index contributed by atoms with van der Waals surface area (Å²) in [5, 5.41) is 3.01. The van der Waals surface area contributed by atoms with Crippen molar-refractivity contribution in [2.45, 2.75) is 13.0 Å². The van der Waals surface area contributed by atoms with E-state index in [2.05, 4.69) is 32.8 Å². The van der Waals surface area contributed by atoms with Gasteiger partial charge in [-0.3, -0.25) is 14.9 Å². The Kier molecular flexibility index (Phi) is 6.14. The minimum absolute atomic E-state index is 0.0796. The summed E-state index contributed by atoms with van der Waals surface area (Å²) in [6.07, 6.45) is 2.39. The van der Waals surface area contributed by atoms with Gasteiger partial charge in [0, 0.05) is 27.4 Å². The Labute approximate surface area is 215 Å². The van der Waals surface area contributed by atoms with Gasteiger partial charge in [-0.1, -0.05) is 35.9 Å². The van der Waals surface area contributed by atoms with E-state index in [4.69, 9.17) is 11.6 Å². The van der Waals surface area contributed by atoms with Crippen LogP contribution in [0.3, 0.4) is 0 Å². The molecule has 0 radical (unpaired) electrons. The van der Waals surface area contributed by atoms with Crippen molar-refractivity contribution in [1.82, 2.24) is 5.32 Å². The van der Waals surface area contributed by atoms with Gasteiger partial charge in [0.25, 0.3) is 11.8 Å². The fraction of sp³-hybridized carbons (Fsp3) is 0.115. The van der Waals surface area contributed by atoms with E-state index in [1.165, 1.54) is 0 Å². The molecule has 4 amide bonds. The summed E-state index contributed by atoms with van der Waals surface area (Å²) in [4.78, 5) is 41.3. The summed E-state index contributed by atoms with van der Waals surface area (Å²) in [6.45, 7) is 1.57. The number of fused-ring (bicyclic) bond motifs is 1. The van der Waals surface area contributed by atoms with E-state index in [9.17, 15) is 14.4 Å². The molecular weight excluding hydrogens is 565 g/mol. The van der Waals surface area contributed by atoms with Crippen molar-refractivity contribution < 1.29 is 14.4 Å². The highest BCUT2D eigenvalue weighted by molar-refractivity contribution is 14.1. The molecule has 1 N–H and O–H groups in total. The average Bonchev–Trinajstić information content (AvgIpc) is 3.21. The molecule has 0 aromatic heterocycles. The average molecular weight is 584 g/mol. The lowest BCUT2D eigenvalue weighted by molar-refractivity contribution is -0.122. The van der Waals surface area contributed by atoms with Gasteiger partial charge in [-0.25, -0.2) is 9.69 Å². The zero-order valence-corrected chi connectivity index (χ0v) is 20.8.